The van der Waals surface area contributed by atoms with E-state index in [1.54, 1.807) is 24.3 Å². The fourth-order valence-electron chi connectivity index (χ4n) is 2.17. The summed E-state index contributed by atoms with van der Waals surface area (Å²) in [6.45, 7) is 3.84. The van der Waals surface area contributed by atoms with E-state index in [2.05, 4.69) is 20.6 Å². The molecule has 2 N–H and O–H groups in total. The fourth-order valence-corrected chi connectivity index (χ4v) is 2.17. The lowest BCUT2D eigenvalue weighted by Crippen LogP contribution is -2.16. The van der Waals surface area contributed by atoms with Crippen molar-refractivity contribution in [2.24, 2.45) is 5.92 Å². The molecule has 1 saturated carbocycles. The number of hydrogen-bond acceptors (Lipinski definition) is 5. The third kappa shape index (κ3) is 4.76. The van der Waals surface area contributed by atoms with Gasteiger partial charge in [-0.2, -0.15) is 0 Å². The maximum atomic E-state index is 12.2. The number of anilines is 2. The molecule has 2 aromatic rings. The molecule has 0 aromatic carbocycles. The van der Waals surface area contributed by atoms with Crippen LogP contribution in [0.3, 0.4) is 0 Å². The standard InChI is InChI=1S/C18H20N4O3/c1-11(2)25-14-6-7-15(19-10-14)18(24)21-13-5-8-16(20-9-13)22-17(23)12-3-4-12/h5-12H,3-4H2,1-2H3,(H,21,24)(H,20,22,23). The van der Waals surface area contributed by atoms with E-state index >= 15 is 0 Å². The topological polar surface area (TPSA) is 93.2 Å². The van der Waals surface area contributed by atoms with Gasteiger partial charge in [-0.15, -0.1) is 0 Å². The molecule has 0 saturated heterocycles. The van der Waals surface area contributed by atoms with Crippen LogP contribution in [0.25, 0.3) is 0 Å². The lowest BCUT2D eigenvalue weighted by molar-refractivity contribution is -0.117. The van der Waals surface area contributed by atoms with Gasteiger partial charge in [0, 0.05) is 5.92 Å². The Hall–Kier alpha value is -2.96. The van der Waals surface area contributed by atoms with Crippen molar-refractivity contribution in [3.8, 4) is 5.75 Å². The van der Waals surface area contributed by atoms with Gasteiger partial charge < -0.3 is 15.4 Å². The van der Waals surface area contributed by atoms with Crippen LogP contribution in [-0.2, 0) is 4.79 Å². The third-order valence-electron chi connectivity index (χ3n) is 3.56. The highest BCUT2D eigenvalue weighted by atomic mass is 16.5. The number of ether oxygens (including phenoxy) is 1. The molecule has 0 atom stereocenters. The van der Waals surface area contributed by atoms with Crippen molar-refractivity contribution in [3.05, 3.63) is 42.4 Å². The van der Waals surface area contributed by atoms with E-state index in [1.165, 1.54) is 12.4 Å². The Morgan fingerprint density at radius 1 is 1.08 bits per heavy atom. The molecule has 2 amide bonds. The Bertz CT molecular complexity index is 753. The molecule has 2 heterocycles. The lowest BCUT2D eigenvalue weighted by atomic mass is 10.3. The van der Waals surface area contributed by atoms with E-state index < -0.39 is 0 Å². The lowest BCUT2D eigenvalue weighted by Gasteiger charge is -2.10. The number of nitrogens with zero attached hydrogens (tertiary/aromatic N) is 2. The van der Waals surface area contributed by atoms with Crippen LogP contribution in [0.2, 0.25) is 0 Å². The summed E-state index contributed by atoms with van der Waals surface area (Å²) >= 11 is 0. The Labute approximate surface area is 145 Å². The first-order valence-electron chi connectivity index (χ1n) is 8.22. The number of pyridine rings is 2. The zero-order valence-electron chi connectivity index (χ0n) is 14.2. The van der Waals surface area contributed by atoms with Gasteiger partial charge >= 0.3 is 0 Å². The molecule has 0 spiro atoms. The molecule has 25 heavy (non-hydrogen) atoms. The van der Waals surface area contributed by atoms with Crippen molar-refractivity contribution in [2.45, 2.75) is 32.8 Å². The molecule has 0 aliphatic heterocycles. The van der Waals surface area contributed by atoms with E-state index in [0.717, 1.165) is 12.8 Å². The van der Waals surface area contributed by atoms with Crippen LogP contribution in [0.1, 0.15) is 37.2 Å². The fraction of sp³-hybridized carbons (Fsp3) is 0.333. The van der Waals surface area contributed by atoms with Crippen LogP contribution in [0.5, 0.6) is 5.75 Å². The van der Waals surface area contributed by atoms with E-state index in [1.807, 2.05) is 13.8 Å². The Morgan fingerprint density at radius 3 is 2.44 bits per heavy atom. The van der Waals surface area contributed by atoms with Crippen LogP contribution < -0.4 is 15.4 Å². The number of carbonyl (C=O) groups excluding carboxylic acids is 2. The van der Waals surface area contributed by atoms with Crippen molar-refractivity contribution >= 4 is 23.3 Å². The predicted molar refractivity (Wildman–Crippen MR) is 93.5 cm³/mol. The van der Waals surface area contributed by atoms with Crippen molar-refractivity contribution in [3.63, 3.8) is 0 Å². The second-order valence-corrected chi connectivity index (χ2v) is 6.20. The molecule has 3 rings (SSSR count). The van der Waals surface area contributed by atoms with Gasteiger partial charge in [-0.3, -0.25) is 9.59 Å². The van der Waals surface area contributed by atoms with E-state index in [9.17, 15) is 9.59 Å². The molecule has 0 radical (unpaired) electrons. The molecule has 1 aliphatic carbocycles. The first-order chi connectivity index (χ1) is 12.0. The van der Waals surface area contributed by atoms with E-state index in [4.69, 9.17) is 4.74 Å². The van der Waals surface area contributed by atoms with Crippen LogP contribution in [0.15, 0.2) is 36.7 Å². The zero-order valence-corrected chi connectivity index (χ0v) is 14.2. The molecule has 7 heteroatoms. The van der Waals surface area contributed by atoms with E-state index in [0.29, 0.717) is 17.3 Å². The number of carbonyl (C=O) groups is 2. The first kappa shape index (κ1) is 16.9. The van der Waals surface area contributed by atoms with Crippen molar-refractivity contribution in [1.82, 2.24) is 9.97 Å². The smallest absolute Gasteiger partial charge is 0.274 e. The quantitative estimate of drug-likeness (QED) is 0.843. The van der Waals surface area contributed by atoms with Gasteiger partial charge in [0.1, 0.15) is 17.3 Å². The van der Waals surface area contributed by atoms with Gasteiger partial charge in [-0.05, 0) is 51.0 Å². The molecular formula is C18H20N4O3. The van der Waals surface area contributed by atoms with Gasteiger partial charge in [0.05, 0.1) is 24.2 Å². The Balaban J connectivity index is 1.57. The highest BCUT2D eigenvalue weighted by Crippen LogP contribution is 2.30. The molecule has 130 valence electrons. The maximum Gasteiger partial charge on any atom is 0.274 e. The van der Waals surface area contributed by atoms with Gasteiger partial charge in [0.25, 0.3) is 5.91 Å². The molecule has 7 nitrogen and oxygen atoms in total. The number of rotatable bonds is 6. The summed E-state index contributed by atoms with van der Waals surface area (Å²) in [4.78, 5) is 32.1. The van der Waals surface area contributed by atoms with E-state index in [-0.39, 0.29) is 29.5 Å². The Kier molecular flexibility index (Phi) is 4.92. The zero-order chi connectivity index (χ0) is 17.8. The summed E-state index contributed by atoms with van der Waals surface area (Å²) in [6.07, 6.45) is 4.94. The molecular weight excluding hydrogens is 320 g/mol. The molecule has 0 bridgehead atoms. The summed E-state index contributed by atoms with van der Waals surface area (Å²) in [7, 11) is 0. The minimum Gasteiger partial charge on any atom is -0.489 e. The summed E-state index contributed by atoms with van der Waals surface area (Å²) in [6, 6.07) is 6.65. The monoisotopic (exact) mass is 340 g/mol. The van der Waals surface area contributed by atoms with Gasteiger partial charge in [0.2, 0.25) is 5.91 Å². The third-order valence-corrected chi connectivity index (χ3v) is 3.56. The largest absolute Gasteiger partial charge is 0.489 e. The van der Waals surface area contributed by atoms with Crippen molar-refractivity contribution in [2.75, 3.05) is 10.6 Å². The van der Waals surface area contributed by atoms with Crippen molar-refractivity contribution < 1.29 is 14.3 Å². The normalized spacial score (nSPS) is 13.4. The average molecular weight is 340 g/mol. The van der Waals surface area contributed by atoms with Gasteiger partial charge in [-0.1, -0.05) is 0 Å². The summed E-state index contributed by atoms with van der Waals surface area (Å²) < 4.78 is 5.49. The number of aromatic nitrogens is 2. The predicted octanol–water partition coefficient (Wildman–Crippen LogP) is 2.86. The molecule has 1 fully saturated rings. The number of nitrogens with one attached hydrogen (secondary N) is 2. The molecule has 2 aromatic heterocycles. The minimum absolute atomic E-state index is 0.00260. The second-order valence-electron chi connectivity index (χ2n) is 6.20. The highest BCUT2D eigenvalue weighted by molar-refractivity contribution is 6.02. The number of hydrogen-bond donors (Lipinski definition) is 2. The maximum absolute atomic E-state index is 12.2. The highest BCUT2D eigenvalue weighted by Gasteiger charge is 2.29. The second kappa shape index (κ2) is 7.29. The molecule has 1 aliphatic rings. The summed E-state index contributed by atoms with van der Waals surface area (Å²) in [5.74, 6) is 0.868. The van der Waals surface area contributed by atoms with Crippen LogP contribution in [0.4, 0.5) is 11.5 Å². The summed E-state index contributed by atoms with van der Waals surface area (Å²) in [5, 5.41) is 5.47. The van der Waals surface area contributed by atoms with Gasteiger partial charge in [0.15, 0.2) is 0 Å². The van der Waals surface area contributed by atoms with Gasteiger partial charge in [-0.25, -0.2) is 9.97 Å². The summed E-state index contributed by atoms with van der Waals surface area (Å²) in [5.41, 5.74) is 0.806. The minimum atomic E-state index is -0.340. The van der Waals surface area contributed by atoms with Crippen molar-refractivity contribution in [1.29, 1.82) is 0 Å². The van der Waals surface area contributed by atoms with Crippen LogP contribution >= 0.6 is 0 Å². The SMILES string of the molecule is CC(C)Oc1ccc(C(=O)Nc2ccc(NC(=O)C3CC3)nc2)nc1. The Morgan fingerprint density at radius 2 is 1.88 bits per heavy atom. The number of amides is 2. The first-order valence-corrected chi connectivity index (χ1v) is 8.22. The average Bonchev–Trinajstić information content (AvgIpc) is 3.42. The molecule has 0 unspecified atom stereocenters. The van der Waals surface area contributed by atoms with Crippen LogP contribution in [0, 0.1) is 5.92 Å². The van der Waals surface area contributed by atoms with Crippen LogP contribution in [-0.4, -0.2) is 27.9 Å².